The number of carbonyl (C=O) groups is 1. The standard InChI is InChI=1S/C18H22N2O4/c21-18(24-17-13-19-7-5-14(17)6-8-19)20(11-15-3-1-9-22-15)12-16-4-2-10-23-16/h1-4,9-10,14,17H,5-8,11-13H2/t17-/m0/s1. The Morgan fingerprint density at radius 3 is 2.21 bits per heavy atom. The molecule has 3 fully saturated rings. The number of piperidine rings is 3. The van der Waals surface area contributed by atoms with E-state index in [1.165, 1.54) is 0 Å². The molecule has 3 aliphatic heterocycles. The van der Waals surface area contributed by atoms with Gasteiger partial charge in [-0.1, -0.05) is 0 Å². The number of rotatable bonds is 5. The first-order valence-electron chi connectivity index (χ1n) is 8.50. The first kappa shape index (κ1) is 15.3. The molecule has 3 aliphatic rings. The normalized spacial score (nSPS) is 25.6. The van der Waals surface area contributed by atoms with Crippen LogP contribution >= 0.6 is 0 Å². The fourth-order valence-electron chi connectivity index (χ4n) is 3.61. The summed E-state index contributed by atoms with van der Waals surface area (Å²) in [6.45, 7) is 3.84. The number of hydrogen-bond donors (Lipinski definition) is 0. The lowest BCUT2D eigenvalue weighted by Gasteiger charge is -2.44. The number of carbonyl (C=O) groups excluding carboxylic acids is 1. The van der Waals surface area contributed by atoms with Crippen molar-refractivity contribution >= 4 is 6.09 Å². The molecule has 0 aliphatic carbocycles. The van der Waals surface area contributed by atoms with Gasteiger partial charge in [-0.15, -0.1) is 0 Å². The predicted octanol–water partition coefficient (Wildman–Crippen LogP) is 3.11. The third-order valence-electron chi connectivity index (χ3n) is 4.96. The van der Waals surface area contributed by atoms with Crippen molar-refractivity contribution in [2.45, 2.75) is 32.0 Å². The molecule has 128 valence electrons. The van der Waals surface area contributed by atoms with Crippen molar-refractivity contribution in [1.29, 1.82) is 0 Å². The quantitative estimate of drug-likeness (QED) is 0.843. The largest absolute Gasteiger partial charge is 0.467 e. The molecule has 0 spiro atoms. The molecule has 0 unspecified atom stereocenters. The molecule has 0 radical (unpaired) electrons. The molecule has 1 amide bonds. The Kier molecular flexibility index (Phi) is 4.30. The van der Waals surface area contributed by atoms with Crippen LogP contribution in [0.3, 0.4) is 0 Å². The minimum absolute atomic E-state index is 0.00398. The molecular formula is C18H22N2O4. The van der Waals surface area contributed by atoms with Crippen LogP contribution in [0.5, 0.6) is 0 Å². The van der Waals surface area contributed by atoms with Crippen LogP contribution < -0.4 is 0 Å². The lowest BCUT2D eigenvalue weighted by atomic mass is 9.86. The molecule has 2 bridgehead atoms. The summed E-state index contributed by atoms with van der Waals surface area (Å²) < 4.78 is 16.6. The zero-order valence-corrected chi connectivity index (χ0v) is 13.6. The molecule has 5 rings (SSSR count). The third-order valence-corrected chi connectivity index (χ3v) is 4.96. The minimum Gasteiger partial charge on any atom is -0.467 e. The molecular weight excluding hydrogens is 308 g/mol. The fraction of sp³-hybridized carbons (Fsp3) is 0.500. The monoisotopic (exact) mass is 330 g/mol. The average molecular weight is 330 g/mol. The fourth-order valence-corrected chi connectivity index (χ4v) is 3.61. The maximum absolute atomic E-state index is 12.7. The molecule has 6 heteroatoms. The second kappa shape index (κ2) is 6.73. The number of hydrogen-bond acceptors (Lipinski definition) is 5. The Morgan fingerprint density at radius 1 is 1.12 bits per heavy atom. The molecule has 3 saturated heterocycles. The van der Waals surface area contributed by atoms with E-state index in [4.69, 9.17) is 13.6 Å². The number of nitrogens with zero attached hydrogens (tertiary/aromatic N) is 2. The second-order valence-corrected chi connectivity index (χ2v) is 6.58. The second-order valence-electron chi connectivity index (χ2n) is 6.58. The summed E-state index contributed by atoms with van der Waals surface area (Å²) in [6, 6.07) is 7.35. The number of furan rings is 2. The lowest BCUT2D eigenvalue weighted by Crippen LogP contribution is -2.52. The van der Waals surface area contributed by atoms with E-state index in [0.717, 1.165) is 44.0 Å². The van der Waals surface area contributed by atoms with Crippen molar-refractivity contribution in [1.82, 2.24) is 9.80 Å². The zero-order valence-electron chi connectivity index (χ0n) is 13.6. The van der Waals surface area contributed by atoms with Gasteiger partial charge in [-0.25, -0.2) is 4.79 Å². The van der Waals surface area contributed by atoms with Crippen molar-refractivity contribution in [3.8, 4) is 0 Å². The van der Waals surface area contributed by atoms with Gasteiger partial charge in [0.1, 0.15) is 17.6 Å². The minimum atomic E-state index is -0.304. The van der Waals surface area contributed by atoms with E-state index >= 15 is 0 Å². The van der Waals surface area contributed by atoms with E-state index < -0.39 is 0 Å². The Morgan fingerprint density at radius 2 is 1.75 bits per heavy atom. The van der Waals surface area contributed by atoms with Gasteiger partial charge in [0.25, 0.3) is 0 Å². The molecule has 0 saturated carbocycles. The first-order chi connectivity index (χ1) is 11.8. The summed E-state index contributed by atoms with van der Waals surface area (Å²) in [5.41, 5.74) is 0. The number of ether oxygens (including phenoxy) is 1. The summed E-state index contributed by atoms with van der Waals surface area (Å²) in [6.07, 6.45) is 5.15. The first-order valence-corrected chi connectivity index (χ1v) is 8.50. The van der Waals surface area contributed by atoms with Crippen LogP contribution in [0.2, 0.25) is 0 Å². The van der Waals surface area contributed by atoms with Crippen LogP contribution in [0.15, 0.2) is 45.6 Å². The third kappa shape index (κ3) is 3.33. The number of amides is 1. The van der Waals surface area contributed by atoms with Crippen molar-refractivity contribution in [3.05, 3.63) is 48.3 Å². The predicted molar refractivity (Wildman–Crippen MR) is 86.1 cm³/mol. The van der Waals surface area contributed by atoms with Crippen molar-refractivity contribution in [2.75, 3.05) is 19.6 Å². The van der Waals surface area contributed by atoms with Gasteiger partial charge in [-0.3, -0.25) is 9.80 Å². The van der Waals surface area contributed by atoms with Gasteiger partial charge in [0.05, 0.1) is 25.6 Å². The lowest BCUT2D eigenvalue weighted by molar-refractivity contribution is -0.0457. The molecule has 2 aromatic heterocycles. The summed E-state index contributed by atoms with van der Waals surface area (Å²) in [5, 5.41) is 0. The highest BCUT2D eigenvalue weighted by Crippen LogP contribution is 2.30. The highest BCUT2D eigenvalue weighted by molar-refractivity contribution is 5.67. The van der Waals surface area contributed by atoms with E-state index in [1.54, 1.807) is 17.4 Å². The molecule has 2 aromatic rings. The molecule has 6 nitrogen and oxygen atoms in total. The van der Waals surface area contributed by atoms with Gasteiger partial charge in [-0.2, -0.15) is 0 Å². The van der Waals surface area contributed by atoms with Gasteiger partial charge in [0.15, 0.2) is 0 Å². The van der Waals surface area contributed by atoms with Crippen LogP contribution in [-0.2, 0) is 17.8 Å². The average Bonchev–Trinajstić information content (AvgIpc) is 3.29. The number of fused-ring (bicyclic) bond motifs is 3. The Labute approximate surface area is 141 Å². The van der Waals surface area contributed by atoms with Gasteiger partial charge in [0.2, 0.25) is 0 Å². The molecule has 1 atom stereocenters. The molecule has 0 N–H and O–H groups in total. The van der Waals surface area contributed by atoms with E-state index in [9.17, 15) is 4.79 Å². The highest BCUT2D eigenvalue weighted by Gasteiger charge is 2.37. The maximum atomic E-state index is 12.7. The Hall–Kier alpha value is -2.21. The molecule has 24 heavy (non-hydrogen) atoms. The van der Waals surface area contributed by atoms with Crippen molar-refractivity contribution in [3.63, 3.8) is 0 Å². The maximum Gasteiger partial charge on any atom is 0.410 e. The van der Waals surface area contributed by atoms with Crippen molar-refractivity contribution < 1.29 is 18.4 Å². The van der Waals surface area contributed by atoms with Crippen LogP contribution in [0, 0.1) is 5.92 Å². The van der Waals surface area contributed by atoms with Crippen LogP contribution in [0.25, 0.3) is 0 Å². The van der Waals surface area contributed by atoms with Crippen LogP contribution in [-0.4, -0.2) is 41.6 Å². The summed E-state index contributed by atoms with van der Waals surface area (Å²) in [7, 11) is 0. The highest BCUT2D eigenvalue weighted by atomic mass is 16.6. The van der Waals surface area contributed by atoms with E-state index in [1.807, 2.05) is 24.3 Å². The Bertz CT molecular complexity index is 608. The van der Waals surface area contributed by atoms with E-state index in [2.05, 4.69) is 4.90 Å². The van der Waals surface area contributed by atoms with Gasteiger partial charge >= 0.3 is 6.09 Å². The van der Waals surface area contributed by atoms with Crippen molar-refractivity contribution in [2.24, 2.45) is 5.92 Å². The smallest absolute Gasteiger partial charge is 0.410 e. The Balaban J connectivity index is 1.44. The van der Waals surface area contributed by atoms with E-state index in [-0.39, 0.29) is 12.2 Å². The summed E-state index contributed by atoms with van der Waals surface area (Å²) in [5.74, 6) is 1.95. The molecule has 0 aromatic carbocycles. The van der Waals surface area contributed by atoms with E-state index in [0.29, 0.717) is 19.0 Å². The summed E-state index contributed by atoms with van der Waals surface area (Å²) in [4.78, 5) is 16.8. The van der Waals surface area contributed by atoms with Gasteiger partial charge in [0, 0.05) is 6.54 Å². The van der Waals surface area contributed by atoms with Gasteiger partial charge in [-0.05, 0) is 56.1 Å². The topological polar surface area (TPSA) is 59.1 Å². The zero-order chi connectivity index (χ0) is 16.4. The van der Waals surface area contributed by atoms with Gasteiger partial charge < -0.3 is 13.6 Å². The molecule has 5 heterocycles. The van der Waals surface area contributed by atoms with Crippen LogP contribution in [0.1, 0.15) is 24.4 Å². The summed E-state index contributed by atoms with van der Waals surface area (Å²) >= 11 is 0. The SMILES string of the molecule is O=C(O[C@H]1CN2CCC1CC2)N(Cc1ccco1)Cc1ccco1. The van der Waals surface area contributed by atoms with Crippen LogP contribution in [0.4, 0.5) is 4.79 Å².